The minimum absolute atomic E-state index is 0.0393. The Labute approximate surface area is 242 Å². The molecule has 4 aliphatic heterocycles. The van der Waals surface area contributed by atoms with Crippen molar-refractivity contribution >= 4 is 39.6 Å². The van der Waals surface area contributed by atoms with E-state index in [-0.39, 0.29) is 35.6 Å². The molecular weight excluding hydrogens is 540 g/mol. The Morgan fingerprint density at radius 1 is 1.10 bits per heavy atom. The molecule has 10 nitrogen and oxygen atoms in total. The van der Waals surface area contributed by atoms with Crippen LogP contribution in [0.1, 0.15) is 34.5 Å². The fourth-order valence-corrected chi connectivity index (χ4v) is 6.93. The van der Waals surface area contributed by atoms with E-state index in [0.717, 1.165) is 53.1 Å². The first-order valence-corrected chi connectivity index (χ1v) is 15.0. The number of urea groups is 1. The van der Waals surface area contributed by atoms with Gasteiger partial charge < -0.3 is 24.6 Å². The highest BCUT2D eigenvalue weighted by Crippen LogP contribution is 2.39. The summed E-state index contributed by atoms with van der Waals surface area (Å²) >= 11 is 1.58. The van der Waals surface area contributed by atoms with Crippen molar-refractivity contribution in [3.63, 3.8) is 0 Å². The third-order valence-corrected chi connectivity index (χ3v) is 9.26. The van der Waals surface area contributed by atoms with E-state index in [1.54, 1.807) is 23.9 Å². The molecule has 4 aliphatic rings. The molecule has 7 rings (SSSR count). The van der Waals surface area contributed by atoms with E-state index in [2.05, 4.69) is 20.8 Å². The van der Waals surface area contributed by atoms with Crippen LogP contribution in [0.2, 0.25) is 0 Å². The van der Waals surface area contributed by atoms with Gasteiger partial charge in [-0.25, -0.2) is 4.79 Å². The van der Waals surface area contributed by atoms with Crippen LogP contribution >= 0.6 is 11.8 Å². The summed E-state index contributed by atoms with van der Waals surface area (Å²) in [6.45, 7) is 4.92. The lowest BCUT2D eigenvalue weighted by Crippen LogP contribution is -2.44. The van der Waals surface area contributed by atoms with Crippen LogP contribution in [0.15, 0.2) is 59.7 Å². The molecule has 2 aromatic carbocycles. The maximum absolute atomic E-state index is 13.3. The van der Waals surface area contributed by atoms with Gasteiger partial charge in [0.15, 0.2) is 11.7 Å². The predicted molar refractivity (Wildman–Crippen MR) is 157 cm³/mol. The van der Waals surface area contributed by atoms with Crippen LogP contribution in [0, 0.1) is 12.8 Å². The number of pyridine rings is 1. The number of nitrogens with one attached hydrogen (secondary N) is 2. The van der Waals surface area contributed by atoms with E-state index >= 15 is 0 Å². The minimum Gasteiger partial charge on any atom is -0.489 e. The number of hydrogen-bond donors (Lipinski definition) is 2. The van der Waals surface area contributed by atoms with Crippen LogP contribution in [0.5, 0.6) is 5.75 Å². The number of epoxide rings is 1. The van der Waals surface area contributed by atoms with Gasteiger partial charge >= 0.3 is 6.03 Å². The lowest BCUT2D eigenvalue weighted by molar-refractivity contribution is 0.0934. The summed E-state index contributed by atoms with van der Waals surface area (Å²) in [6, 6.07) is 17.0. The standard InChI is InChI=1S/C30H32N6O4S/c1-18-14-20(22-6-2-3-7-24(22)31-18)17-39-21-10-8-19(9-11-21)26(37)32-25-16-36(30(38)35-12-4-5-13-35)15-23(25)28-34-33-27-29(40-27)41-28/h2-3,6-11,14,23,25,27,29,33H,4-5,12-13,15-17H2,1H3,(H,32,37)/t23-,25+,27?,29?/m0/s1. The number of para-hydroxylation sites is 1. The number of ether oxygens (including phenoxy) is 2. The van der Waals surface area contributed by atoms with Crippen molar-refractivity contribution in [3.05, 3.63) is 71.4 Å². The Hall–Kier alpha value is -3.83. The van der Waals surface area contributed by atoms with Crippen LogP contribution in [-0.2, 0) is 11.3 Å². The Morgan fingerprint density at radius 3 is 2.71 bits per heavy atom. The number of benzene rings is 2. The summed E-state index contributed by atoms with van der Waals surface area (Å²) in [4.78, 5) is 34.9. The van der Waals surface area contributed by atoms with Gasteiger partial charge in [-0.2, -0.15) is 5.10 Å². The van der Waals surface area contributed by atoms with E-state index in [4.69, 9.17) is 9.47 Å². The molecule has 3 amide bonds. The first-order valence-electron chi connectivity index (χ1n) is 14.1. The second-order valence-corrected chi connectivity index (χ2v) is 12.1. The van der Waals surface area contributed by atoms with Gasteiger partial charge in [0, 0.05) is 54.3 Å². The number of thioether (sulfide) groups is 1. The maximum Gasteiger partial charge on any atom is 0.320 e. The van der Waals surface area contributed by atoms with Crippen molar-refractivity contribution in [1.29, 1.82) is 0 Å². The monoisotopic (exact) mass is 572 g/mol. The summed E-state index contributed by atoms with van der Waals surface area (Å²) in [7, 11) is 0. The molecule has 212 valence electrons. The average molecular weight is 573 g/mol. The van der Waals surface area contributed by atoms with Crippen LogP contribution in [0.3, 0.4) is 0 Å². The van der Waals surface area contributed by atoms with E-state index in [1.807, 2.05) is 59.2 Å². The van der Waals surface area contributed by atoms with Crippen LogP contribution in [-0.4, -0.2) is 75.7 Å². The lowest BCUT2D eigenvalue weighted by atomic mass is 10.0. The third kappa shape index (κ3) is 5.43. The topological polar surface area (TPSA) is 112 Å². The molecule has 0 bridgehead atoms. The highest BCUT2D eigenvalue weighted by Gasteiger charge is 2.48. The molecule has 0 aliphatic carbocycles. The predicted octanol–water partition coefficient (Wildman–Crippen LogP) is 3.70. The molecule has 0 radical (unpaired) electrons. The van der Waals surface area contributed by atoms with Crippen LogP contribution < -0.4 is 15.5 Å². The number of rotatable bonds is 6. The largest absolute Gasteiger partial charge is 0.489 e. The first kappa shape index (κ1) is 26.1. The molecule has 1 aromatic heterocycles. The molecule has 2 unspecified atom stereocenters. The number of aromatic nitrogens is 1. The van der Waals surface area contributed by atoms with Crippen molar-refractivity contribution in [3.8, 4) is 5.75 Å². The Morgan fingerprint density at radius 2 is 1.90 bits per heavy atom. The molecule has 4 atom stereocenters. The summed E-state index contributed by atoms with van der Waals surface area (Å²) in [5.41, 5.74) is 6.57. The van der Waals surface area contributed by atoms with Gasteiger partial charge in [0.25, 0.3) is 5.91 Å². The lowest BCUT2D eigenvalue weighted by Gasteiger charge is -2.24. The molecule has 11 heteroatoms. The Bertz CT molecular complexity index is 1510. The summed E-state index contributed by atoms with van der Waals surface area (Å²) in [5, 5.41) is 9.64. The van der Waals surface area contributed by atoms with Gasteiger partial charge in [0.05, 0.1) is 11.6 Å². The second kappa shape index (κ2) is 10.9. The number of fused-ring (bicyclic) bond motifs is 2. The highest BCUT2D eigenvalue weighted by atomic mass is 32.2. The molecule has 0 spiro atoms. The summed E-state index contributed by atoms with van der Waals surface area (Å²) in [5.74, 6) is 0.390. The number of likely N-dealkylation sites (tertiary alicyclic amines) is 2. The van der Waals surface area contributed by atoms with E-state index in [0.29, 0.717) is 31.0 Å². The van der Waals surface area contributed by atoms with Crippen molar-refractivity contribution in [2.45, 2.75) is 44.1 Å². The number of hydrogen-bond acceptors (Lipinski definition) is 8. The number of nitrogens with zero attached hydrogens (tertiary/aromatic N) is 4. The van der Waals surface area contributed by atoms with Crippen molar-refractivity contribution in [2.75, 3.05) is 26.2 Å². The SMILES string of the molecule is Cc1cc(COc2ccc(C(=O)N[C@@H]3CN(C(=O)N4CCCC4)C[C@@H]3C3=NNC4OC4S3)cc2)c2ccccc2n1. The van der Waals surface area contributed by atoms with Crippen LogP contribution in [0.4, 0.5) is 4.79 Å². The van der Waals surface area contributed by atoms with Gasteiger partial charge in [-0.05, 0) is 56.2 Å². The fraction of sp³-hybridized carbons (Fsp3) is 0.400. The molecule has 0 saturated carbocycles. The molecular formula is C30H32N6O4S. The zero-order chi connectivity index (χ0) is 27.9. The quantitative estimate of drug-likeness (QED) is 0.434. The smallest absolute Gasteiger partial charge is 0.320 e. The normalized spacial score (nSPS) is 25.0. The van der Waals surface area contributed by atoms with Gasteiger partial charge in [0.2, 0.25) is 0 Å². The molecule has 41 heavy (non-hydrogen) atoms. The maximum atomic E-state index is 13.3. The number of carbonyl (C=O) groups excluding carboxylic acids is 2. The van der Waals surface area contributed by atoms with Crippen molar-refractivity contribution in [1.82, 2.24) is 25.5 Å². The Kier molecular flexibility index (Phi) is 6.91. The zero-order valence-electron chi connectivity index (χ0n) is 22.8. The summed E-state index contributed by atoms with van der Waals surface area (Å²) < 4.78 is 11.6. The number of amides is 3. The van der Waals surface area contributed by atoms with E-state index < -0.39 is 0 Å². The van der Waals surface area contributed by atoms with E-state index in [1.165, 1.54) is 0 Å². The second-order valence-electron chi connectivity index (χ2n) is 10.9. The number of hydrazone groups is 1. The van der Waals surface area contributed by atoms with Gasteiger partial charge in [-0.15, -0.1) is 0 Å². The van der Waals surface area contributed by atoms with Crippen molar-refractivity contribution < 1.29 is 19.1 Å². The summed E-state index contributed by atoms with van der Waals surface area (Å²) in [6.07, 6.45) is 2.03. The molecule has 3 fully saturated rings. The third-order valence-electron chi connectivity index (χ3n) is 8.03. The molecule has 5 heterocycles. The number of aryl methyl sites for hydroxylation is 1. The number of carbonyl (C=O) groups is 2. The Balaban J connectivity index is 1.02. The van der Waals surface area contributed by atoms with E-state index in [9.17, 15) is 9.59 Å². The minimum atomic E-state index is -0.253. The van der Waals surface area contributed by atoms with Gasteiger partial charge in [-0.3, -0.25) is 15.2 Å². The molecule has 3 aromatic rings. The first-order chi connectivity index (χ1) is 20.0. The average Bonchev–Trinajstić information content (AvgIpc) is 3.34. The highest BCUT2D eigenvalue weighted by molar-refractivity contribution is 8.14. The molecule has 3 saturated heterocycles. The van der Waals surface area contributed by atoms with Crippen LogP contribution in [0.25, 0.3) is 10.9 Å². The zero-order valence-corrected chi connectivity index (χ0v) is 23.6. The van der Waals surface area contributed by atoms with Crippen molar-refractivity contribution in [2.24, 2.45) is 11.0 Å². The fourth-order valence-electron chi connectivity index (χ4n) is 5.82. The van der Waals surface area contributed by atoms with Gasteiger partial charge in [0.1, 0.15) is 17.4 Å². The van der Waals surface area contributed by atoms with Gasteiger partial charge in [-0.1, -0.05) is 30.0 Å². The molecule has 2 N–H and O–H groups in total.